The van der Waals surface area contributed by atoms with E-state index in [-0.39, 0.29) is 30.2 Å². The highest BCUT2D eigenvalue weighted by molar-refractivity contribution is 6.22. The normalized spacial score (nSPS) is 31.5. The molecule has 2 saturated heterocycles. The second-order valence-corrected chi connectivity index (χ2v) is 9.78. The van der Waals surface area contributed by atoms with Gasteiger partial charge in [0, 0.05) is 17.4 Å². The van der Waals surface area contributed by atoms with Gasteiger partial charge in [0.1, 0.15) is 5.75 Å². The molecule has 7 nitrogen and oxygen atoms in total. The van der Waals surface area contributed by atoms with Crippen LogP contribution in [0.5, 0.6) is 5.75 Å². The van der Waals surface area contributed by atoms with Crippen molar-refractivity contribution in [1.82, 2.24) is 0 Å². The Labute approximate surface area is 211 Å². The lowest BCUT2D eigenvalue weighted by molar-refractivity contribution is -0.274. The molecule has 3 aliphatic rings. The van der Waals surface area contributed by atoms with Crippen LogP contribution in [0.4, 0.5) is 32.0 Å². The molecule has 0 spiro atoms. The minimum Gasteiger partial charge on any atom is -0.508 e. The summed E-state index contributed by atoms with van der Waals surface area (Å²) in [7, 11) is 0. The number of aromatic hydroxyl groups is 1. The molecule has 3 N–H and O–H groups in total. The SMILES string of the molecule is O=C1[C@H]2[C@H](C[C@H](CO)[C@@]3(O)O[C@H](c4ccccc4O)C[C@@H]23)C(=O)N1c1cc(C(F)(F)F)cc(C(F)(F)F)c1. The van der Waals surface area contributed by atoms with Gasteiger partial charge in [-0.3, -0.25) is 14.5 Å². The number of halogens is 6. The van der Waals surface area contributed by atoms with Gasteiger partial charge in [0.15, 0.2) is 5.79 Å². The largest absolute Gasteiger partial charge is 0.508 e. The highest BCUT2D eigenvalue weighted by atomic mass is 19.4. The van der Waals surface area contributed by atoms with E-state index in [0.717, 1.165) is 0 Å². The summed E-state index contributed by atoms with van der Waals surface area (Å²) in [4.78, 5) is 27.2. The fraction of sp³-hybridized carbons (Fsp3) is 0.440. The Hall–Kier alpha value is -3.16. The molecule has 3 fully saturated rings. The van der Waals surface area contributed by atoms with Crippen LogP contribution in [0, 0.1) is 23.7 Å². The van der Waals surface area contributed by atoms with E-state index in [0.29, 0.717) is 17.0 Å². The molecule has 2 heterocycles. The number of aliphatic hydroxyl groups is 2. The lowest BCUT2D eigenvalue weighted by Gasteiger charge is -2.44. The number of para-hydroxylation sites is 1. The standard InChI is InChI=1S/C25H21F6NO6/c26-24(27,28)11-5-12(25(29,30)31)7-14(6-11)32-21(35)16-8-13(10-33)23(37)17(20(16)22(32)36)9-19(38-23)15-3-1-2-4-18(15)34/h1-7,13,16-17,19-20,33-34,37H,8-10H2/t13-,16+,17+,19+,20+,23-/m1/s1. The van der Waals surface area contributed by atoms with Crippen molar-refractivity contribution in [2.24, 2.45) is 23.7 Å². The summed E-state index contributed by atoms with van der Waals surface area (Å²) in [6, 6.07) is 6.51. The number of hydrogen-bond acceptors (Lipinski definition) is 6. The zero-order valence-corrected chi connectivity index (χ0v) is 19.3. The van der Waals surface area contributed by atoms with E-state index in [9.17, 15) is 51.3 Å². The van der Waals surface area contributed by atoms with Gasteiger partial charge in [0.2, 0.25) is 11.8 Å². The maximum atomic E-state index is 13.5. The lowest BCUT2D eigenvalue weighted by atomic mass is 9.64. The molecule has 2 aliphatic heterocycles. The molecule has 0 bridgehead atoms. The number of hydrogen-bond donors (Lipinski definition) is 3. The van der Waals surface area contributed by atoms with Crippen LogP contribution in [0.25, 0.3) is 0 Å². The molecular formula is C25H21F6NO6. The molecule has 1 saturated carbocycles. The van der Waals surface area contributed by atoms with E-state index in [4.69, 9.17) is 4.74 Å². The number of imide groups is 1. The van der Waals surface area contributed by atoms with Gasteiger partial charge in [0.25, 0.3) is 0 Å². The fourth-order valence-corrected chi connectivity index (χ4v) is 5.97. The number of phenolic OH excluding ortho intramolecular Hbond substituents is 1. The Morgan fingerprint density at radius 2 is 1.55 bits per heavy atom. The molecule has 38 heavy (non-hydrogen) atoms. The van der Waals surface area contributed by atoms with Crippen LogP contribution < -0.4 is 4.90 Å². The van der Waals surface area contributed by atoms with Gasteiger partial charge in [-0.2, -0.15) is 26.3 Å². The molecule has 6 atom stereocenters. The molecule has 0 unspecified atom stereocenters. The molecule has 5 rings (SSSR count). The number of carbonyl (C=O) groups excluding carboxylic acids is 2. The third kappa shape index (κ3) is 4.03. The van der Waals surface area contributed by atoms with Crippen LogP contribution in [-0.2, 0) is 26.7 Å². The molecule has 13 heteroatoms. The number of benzene rings is 2. The third-order valence-corrected chi connectivity index (χ3v) is 7.70. The van der Waals surface area contributed by atoms with Crippen molar-refractivity contribution in [2.45, 2.75) is 37.1 Å². The Kier molecular flexibility index (Phi) is 6.04. The van der Waals surface area contributed by atoms with Crippen molar-refractivity contribution in [1.29, 1.82) is 0 Å². The van der Waals surface area contributed by atoms with Gasteiger partial charge in [-0.1, -0.05) is 18.2 Å². The highest BCUT2D eigenvalue weighted by Crippen LogP contribution is 2.59. The first-order valence-corrected chi connectivity index (χ1v) is 11.6. The number of anilines is 1. The van der Waals surface area contributed by atoms with Gasteiger partial charge >= 0.3 is 12.4 Å². The summed E-state index contributed by atoms with van der Waals surface area (Å²) in [5.74, 6) is -9.20. The summed E-state index contributed by atoms with van der Waals surface area (Å²) >= 11 is 0. The van der Waals surface area contributed by atoms with Crippen molar-refractivity contribution in [3.05, 3.63) is 59.2 Å². The first-order chi connectivity index (χ1) is 17.7. The molecule has 2 aromatic carbocycles. The lowest BCUT2D eigenvalue weighted by Crippen LogP contribution is -2.54. The highest BCUT2D eigenvalue weighted by Gasteiger charge is 2.67. The maximum absolute atomic E-state index is 13.5. The molecule has 0 radical (unpaired) electrons. The van der Waals surface area contributed by atoms with E-state index in [1.165, 1.54) is 12.1 Å². The van der Waals surface area contributed by atoms with Gasteiger partial charge in [-0.15, -0.1) is 0 Å². The van der Waals surface area contributed by atoms with Crippen molar-refractivity contribution in [3.8, 4) is 5.75 Å². The van der Waals surface area contributed by atoms with Gasteiger partial charge < -0.3 is 20.1 Å². The van der Waals surface area contributed by atoms with Crippen LogP contribution in [0.15, 0.2) is 42.5 Å². The van der Waals surface area contributed by atoms with E-state index < -0.39 is 83.2 Å². The Morgan fingerprint density at radius 1 is 0.947 bits per heavy atom. The fourth-order valence-electron chi connectivity index (χ4n) is 5.97. The number of fused-ring (bicyclic) bond motifs is 3. The second kappa shape index (κ2) is 8.68. The number of nitrogens with zero attached hydrogens (tertiary/aromatic N) is 1. The van der Waals surface area contributed by atoms with Crippen LogP contribution in [0.3, 0.4) is 0 Å². The zero-order valence-electron chi connectivity index (χ0n) is 19.3. The topological polar surface area (TPSA) is 107 Å². The van der Waals surface area contributed by atoms with Crippen molar-refractivity contribution >= 4 is 17.5 Å². The number of alkyl halides is 6. The Bertz CT molecular complexity index is 1260. The van der Waals surface area contributed by atoms with Crippen molar-refractivity contribution in [2.75, 3.05) is 11.5 Å². The molecule has 1 aliphatic carbocycles. The summed E-state index contributed by atoms with van der Waals surface area (Å²) in [6.07, 6.45) is -11.7. The first kappa shape index (κ1) is 26.4. The predicted molar refractivity (Wildman–Crippen MR) is 116 cm³/mol. The van der Waals surface area contributed by atoms with E-state index >= 15 is 0 Å². The van der Waals surface area contributed by atoms with Crippen LogP contribution in [0.2, 0.25) is 0 Å². The molecule has 0 aromatic heterocycles. The number of carbonyl (C=O) groups is 2. The number of phenols is 1. The van der Waals surface area contributed by atoms with E-state index in [1.807, 2.05) is 0 Å². The minimum atomic E-state index is -5.19. The summed E-state index contributed by atoms with van der Waals surface area (Å²) in [5.41, 5.74) is -4.00. The van der Waals surface area contributed by atoms with Gasteiger partial charge in [-0.05, 0) is 37.1 Å². The Morgan fingerprint density at radius 3 is 2.11 bits per heavy atom. The number of amides is 2. The quantitative estimate of drug-likeness (QED) is 0.398. The number of rotatable bonds is 3. The minimum absolute atomic E-state index is 0.102. The van der Waals surface area contributed by atoms with E-state index in [2.05, 4.69) is 0 Å². The van der Waals surface area contributed by atoms with Crippen molar-refractivity contribution in [3.63, 3.8) is 0 Å². The average molecular weight is 545 g/mol. The second-order valence-electron chi connectivity index (χ2n) is 9.78. The van der Waals surface area contributed by atoms with Crippen LogP contribution in [0.1, 0.15) is 35.6 Å². The zero-order chi connectivity index (χ0) is 27.8. The smallest absolute Gasteiger partial charge is 0.416 e. The summed E-state index contributed by atoms with van der Waals surface area (Å²) in [6.45, 7) is -0.674. The molecule has 2 aromatic rings. The predicted octanol–water partition coefficient (Wildman–Crippen LogP) is 4.01. The summed E-state index contributed by atoms with van der Waals surface area (Å²) in [5, 5.41) is 31.7. The number of ether oxygens (including phenoxy) is 1. The van der Waals surface area contributed by atoms with E-state index in [1.54, 1.807) is 12.1 Å². The monoisotopic (exact) mass is 545 g/mol. The van der Waals surface area contributed by atoms with Crippen molar-refractivity contribution < 1.29 is 56.0 Å². The summed E-state index contributed by atoms with van der Waals surface area (Å²) < 4.78 is 86.4. The maximum Gasteiger partial charge on any atom is 0.416 e. The van der Waals surface area contributed by atoms with Gasteiger partial charge in [-0.25, -0.2) is 0 Å². The first-order valence-electron chi connectivity index (χ1n) is 11.6. The van der Waals surface area contributed by atoms with Crippen LogP contribution >= 0.6 is 0 Å². The third-order valence-electron chi connectivity index (χ3n) is 7.70. The van der Waals surface area contributed by atoms with Crippen LogP contribution in [-0.4, -0.2) is 39.5 Å². The molecule has 204 valence electrons. The number of aliphatic hydroxyl groups excluding tert-OH is 1. The molecule has 2 amide bonds. The average Bonchev–Trinajstić information content (AvgIpc) is 3.31. The molecular weight excluding hydrogens is 524 g/mol. The van der Waals surface area contributed by atoms with Gasteiger partial charge in [0.05, 0.1) is 41.4 Å². The Balaban J connectivity index is 1.57.